The highest BCUT2D eigenvalue weighted by Gasteiger charge is 2.21. The lowest BCUT2D eigenvalue weighted by Gasteiger charge is -2.18. The smallest absolute Gasteiger partial charge is 0.254 e. The summed E-state index contributed by atoms with van der Waals surface area (Å²) in [6, 6.07) is 13.7. The molecule has 1 heterocycles. The summed E-state index contributed by atoms with van der Waals surface area (Å²) in [4.78, 5) is 26.9. The monoisotopic (exact) mass is 376 g/mol. The van der Waals surface area contributed by atoms with Gasteiger partial charge in [-0.3, -0.25) is 9.59 Å². The lowest BCUT2D eigenvalue weighted by molar-refractivity contribution is -0.111. The molecule has 1 N–H and O–H groups in total. The minimum Gasteiger partial charge on any atom is -0.339 e. The average molecular weight is 377 g/mol. The van der Waals surface area contributed by atoms with Crippen LogP contribution in [-0.4, -0.2) is 29.8 Å². The topological polar surface area (TPSA) is 49.4 Å². The number of rotatable bonds is 5. The van der Waals surface area contributed by atoms with E-state index < -0.39 is 0 Å². The fraction of sp³-hybridized carbons (Fsp3) is 0.333. The van der Waals surface area contributed by atoms with Crippen molar-refractivity contribution < 1.29 is 9.59 Å². The van der Waals surface area contributed by atoms with Crippen molar-refractivity contribution >= 4 is 23.6 Å². The molecule has 4 heteroatoms. The molecule has 1 saturated heterocycles. The van der Waals surface area contributed by atoms with Crippen molar-refractivity contribution in [2.75, 3.05) is 18.4 Å². The van der Waals surface area contributed by atoms with Crippen LogP contribution >= 0.6 is 0 Å². The molecule has 0 atom stereocenters. The van der Waals surface area contributed by atoms with E-state index in [1.165, 1.54) is 11.6 Å². The van der Waals surface area contributed by atoms with Crippen molar-refractivity contribution in [2.45, 2.75) is 39.5 Å². The molecule has 0 saturated carbocycles. The predicted molar refractivity (Wildman–Crippen MR) is 115 cm³/mol. The van der Waals surface area contributed by atoms with Crippen LogP contribution in [0.1, 0.15) is 59.7 Å². The second kappa shape index (κ2) is 8.87. The molecule has 0 unspecified atom stereocenters. The number of nitrogens with one attached hydrogen (secondary N) is 1. The zero-order chi connectivity index (χ0) is 20.1. The van der Waals surface area contributed by atoms with E-state index in [1.54, 1.807) is 6.08 Å². The predicted octanol–water partition coefficient (Wildman–Crippen LogP) is 5.01. The number of likely N-dealkylation sites (tertiary alicyclic amines) is 1. The molecule has 0 aliphatic carbocycles. The van der Waals surface area contributed by atoms with Gasteiger partial charge in [-0.2, -0.15) is 0 Å². The minimum atomic E-state index is -0.207. The maximum absolute atomic E-state index is 12.7. The lowest BCUT2D eigenvalue weighted by atomic mass is 10.0. The van der Waals surface area contributed by atoms with E-state index in [0.29, 0.717) is 17.2 Å². The SMILES string of the molecule is Cc1c(NC(=O)/C=C/c2ccc(C(C)C)cc2)cccc1C(=O)N1CCCC1. The van der Waals surface area contributed by atoms with Crippen molar-refractivity contribution in [3.63, 3.8) is 0 Å². The molecule has 1 aliphatic heterocycles. The van der Waals surface area contributed by atoms with E-state index in [2.05, 4.69) is 31.3 Å². The first kappa shape index (κ1) is 19.9. The van der Waals surface area contributed by atoms with Crippen LogP contribution in [0.3, 0.4) is 0 Å². The van der Waals surface area contributed by atoms with Crippen molar-refractivity contribution in [1.82, 2.24) is 4.90 Å². The number of carbonyl (C=O) groups is 2. The molecule has 4 nitrogen and oxygen atoms in total. The van der Waals surface area contributed by atoms with Crippen LogP contribution in [0.15, 0.2) is 48.5 Å². The van der Waals surface area contributed by atoms with Gasteiger partial charge in [-0.25, -0.2) is 0 Å². The molecule has 1 fully saturated rings. The second-order valence-corrected chi connectivity index (χ2v) is 7.62. The Hall–Kier alpha value is -2.88. The molecule has 2 amide bonds. The van der Waals surface area contributed by atoms with Gasteiger partial charge in [0.25, 0.3) is 5.91 Å². The van der Waals surface area contributed by atoms with Gasteiger partial charge >= 0.3 is 0 Å². The highest BCUT2D eigenvalue weighted by Crippen LogP contribution is 2.22. The van der Waals surface area contributed by atoms with E-state index in [9.17, 15) is 9.59 Å². The summed E-state index contributed by atoms with van der Waals surface area (Å²) < 4.78 is 0. The highest BCUT2D eigenvalue weighted by molar-refractivity contribution is 6.04. The number of carbonyl (C=O) groups excluding carboxylic acids is 2. The number of anilines is 1. The lowest BCUT2D eigenvalue weighted by Crippen LogP contribution is -2.28. The summed E-state index contributed by atoms with van der Waals surface area (Å²) in [6.07, 6.45) is 5.45. The fourth-order valence-electron chi connectivity index (χ4n) is 3.43. The quantitative estimate of drug-likeness (QED) is 0.746. The summed E-state index contributed by atoms with van der Waals surface area (Å²) in [6.45, 7) is 7.82. The first-order valence-corrected chi connectivity index (χ1v) is 9.93. The maximum atomic E-state index is 12.7. The van der Waals surface area contributed by atoms with Gasteiger partial charge in [-0.15, -0.1) is 0 Å². The zero-order valence-corrected chi connectivity index (χ0v) is 16.9. The van der Waals surface area contributed by atoms with Crippen molar-refractivity contribution in [2.24, 2.45) is 0 Å². The molecule has 2 aromatic carbocycles. The first-order valence-electron chi connectivity index (χ1n) is 9.93. The third kappa shape index (κ3) is 4.69. The van der Waals surface area contributed by atoms with Gasteiger partial charge in [0.15, 0.2) is 0 Å². The van der Waals surface area contributed by atoms with Crippen molar-refractivity contribution in [1.29, 1.82) is 0 Å². The third-order valence-electron chi connectivity index (χ3n) is 5.25. The van der Waals surface area contributed by atoms with Crippen molar-refractivity contribution in [3.8, 4) is 0 Å². The number of benzene rings is 2. The third-order valence-corrected chi connectivity index (χ3v) is 5.25. The molecule has 28 heavy (non-hydrogen) atoms. The molecule has 2 aromatic rings. The highest BCUT2D eigenvalue weighted by atomic mass is 16.2. The van der Waals surface area contributed by atoms with Crippen LogP contribution in [0.4, 0.5) is 5.69 Å². The normalized spacial score (nSPS) is 14.1. The summed E-state index contributed by atoms with van der Waals surface area (Å²) in [5.41, 5.74) is 4.40. The Labute approximate surface area is 167 Å². The molecule has 146 valence electrons. The molecule has 3 rings (SSSR count). The zero-order valence-electron chi connectivity index (χ0n) is 16.9. The minimum absolute atomic E-state index is 0.0480. The number of amides is 2. The fourth-order valence-corrected chi connectivity index (χ4v) is 3.43. The molecule has 1 aliphatic rings. The summed E-state index contributed by atoms with van der Waals surface area (Å²) in [7, 11) is 0. The van der Waals surface area contributed by atoms with Crippen LogP contribution in [0.2, 0.25) is 0 Å². The van der Waals surface area contributed by atoms with Crippen LogP contribution in [0, 0.1) is 6.92 Å². The Morgan fingerprint density at radius 2 is 1.71 bits per heavy atom. The molecule has 0 aromatic heterocycles. The Morgan fingerprint density at radius 3 is 2.36 bits per heavy atom. The Bertz CT molecular complexity index is 876. The summed E-state index contributed by atoms with van der Waals surface area (Å²) in [5.74, 6) is 0.327. The largest absolute Gasteiger partial charge is 0.339 e. The van der Waals surface area contributed by atoms with E-state index in [4.69, 9.17) is 0 Å². The van der Waals surface area contributed by atoms with Gasteiger partial charge in [0.1, 0.15) is 0 Å². The molecular weight excluding hydrogens is 348 g/mol. The van der Waals surface area contributed by atoms with Gasteiger partial charge < -0.3 is 10.2 Å². The van der Waals surface area contributed by atoms with E-state index in [1.807, 2.05) is 42.2 Å². The van der Waals surface area contributed by atoms with Crippen LogP contribution < -0.4 is 5.32 Å². The van der Waals surface area contributed by atoms with Gasteiger partial charge in [0, 0.05) is 30.4 Å². The van der Waals surface area contributed by atoms with E-state index in [0.717, 1.165) is 37.1 Å². The molecule has 0 spiro atoms. The van der Waals surface area contributed by atoms with Crippen LogP contribution in [-0.2, 0) is 4.79 Å². The Balaban J connectivity index is 1.68. The van der Waals surface area contributed by atoms with Gasteiger partial charge in [-0.1, -0.05) is 44.2 Å². The van der Waals surface area contributed by atoms with E-state index >= 15 is 0 Å². The second-order valence-electron chi connectivity index (χ2n) is 7.62. The number of hydrogen-bond donors (Lipinski definition) is 1. The molecule has 0 bridgehead atoms. The Morgan fingerprint density at radius 1 is 1.04 bits per heavy atom. The van der Waals surface area contributed by atoms with Gasteiger partial charge in [0.2, 0.25) is 5.91 Å². The average Bonchev–Trinajstić information content (AvgIpc) is 3.22. The summed E-state index contributed by atoms with van der Waals surface area (Å²) >= 11 is 0. The standard InChI is InChI=1S/C24H28N2O2/c1-17(2)20-12-9-19(10-13-20)11-14-23(27)25-22-8-6-7-21(18(22)3)24(28)26-15-4-5-16-26/h6-14,17H,4-5,15-16H2,1-3H3,(H,25,27)/b14-11+. The number of hydrogen-bond acceptors (Lipinski definition) is 2. The van der Waals surface area contributed by atoms with Crippen LogP contribution in [0.5, 0.6) is 0 Å². The van der Waals surface area contributed by atoms with E-state index in [-0.39, 0.29) is 11.8 Å². The summed E-state index contributed by atoms with van der Waals surface area (Å²) in [5, 5.41) is 2.90. The van der Waals surface area contributed by atoms with Gasteiger partial charge in [0.05, 0.1) is 0 Å². The van der Waals surface area contributed by atoms with Crippen LogP contribution in [0.25, 0.3) is 6.08 Å². The Kier molecular flexibility index (Phi) is 6.30. The number of nitrogens with zero attached hydrogens (tertiary/aromatic N) is 1. The maximum Gasteiger partial charge on any atom is 0.254 e. The molecular formula is C24H28N2O2. The molecule has 0 radical (unpaired) electrons. The first-order chi connectivity index (χ1) is 13.5. The van der Waals surface area contributed by atoms with Crippen molar-refractivity contribution in [3.05, 3.63) is 70.8 Å². The van der Waals surface area contributed by atoms with Gasteiger partial charge in [-0.05, 0) is 60.6 Å².